The average molecular weight is 466 g/mol. The van der Waals surface area contributed by atoms with Gasteiger partial charge in [-0.3, -0.25) is 0 Å². The van der Waals surface area contributed by atoms with E-state index in [9.17, 15) is 5.11 Å². The zero-order valence-electron chi connectivity index (χ0n) is 18.6. The fourth-order valence-corrected chi connectivity index (χ4v) is 4.47. The Kier molecular flexibility index (Phi) is 5.76. The molecule has 2 aromatic carbocycles. The van der Waals surface area contributed by atoms with Gasteiger partial charge in [0, 0.05) is 34.6 Å². The monoisotopic (exact) mass is 466 g/mol. The van der Waals surface area contributed by atoms with E-state index in [0.717, 1.165) is 5.56 Å². The Labute approximate surface area is 194 Å². The summed E-state index contributed by atoms with van der Waals surface area (Å²) < 4.78 is 37.6. The summed E-state index contributed by atoms with van der Waals surface area (Å²) in [5.74, 6) is -0.785. The van der Waals surface area contributed by atoms with E-state index >= 15 is 8.78 Å². The number of ether oxygens (including phenoxy) is 1. The summed E-state index contributed by atoms with van der Waals surface area (Å²) in [5, 5.41) is 12.2. The van der Waals surface area contributed by atoms with Gasteiger partial charge < -0.3 is 14.2 Å². The number of aliphatic hydroxyl groups is 1. The lowest BCUT2D eigenvalue weighted by molar-refractivity contribution is 0.111. The SMILES string of the molecule is CCc1c(C(O)(c2ccccc2F)c2ccccc2F)nc2cc(OC)c(C3NNNN3)cn12. The second-order valence-electron chi connectivity index (χ2n) is 7.93. The van der Waals surface area contributed by atoms with E-state index in [1.165, 1.54) is 36.4 Å². The first kappa shape index (κ1) is 22.4. The lowest BCUT2D eigenvalue weighted by Gasteiger charge is -2.29. The molecule has 1 fully saturated rings. The lowest BCUT2D eigenvalue weighted by atomic mass is 9.81. The molecule has 5 N–H and O–H groups in total. The van der Waals surface area contributed by atoms with Gasteiger partial charge in [0.15, 0.2) is 5.60 Å². The van der Waals surface area contributed by atoms with Gasteiger partial charge in [0.1, 0.15) is 34.9 Å². The van der Waals surface area contributed by atoms with Crippen LogP contribution in [0.15, 0.2) is 60.8 Å². The average Bonchev–Trinajstić information content (AvgIpc) is 3.51. The highest BCUT2D eigenvalue weighted by molar-refractivity contribution is 5.56. The maximum atomic E-state index is 15.1. The van der Waals surface area contributed by atoms with E-state index in [2.05, 4.69) is 21.9 Å². The van der Waals surface area contributed by atoms with Crippen molar-refractivity contribution in [2.75, 3.05) is 7.11 Å². The minimum absolute atomic E-state index is 0.0853. The quantitative estimate of drug-likeness (QED) is 0.298. The number of hydrogen-bond donors (Lipinski definition) is 5. The second kappa shape index (κ2) is 8.75. The molecule has 0 spiro atoms. The number of aromatic nitrogens is 2. The first-order valence-electron chi connectivity index (χ1n) is 10.8. The molecule has 0 aliphatic carbocycles. The first-order chi connectivity index (χ1) is 16.5. The molecule has 0 radical (unpaired) electrons. The van der Waals surface area contributed by atoms with Crippen molar-refractivity contribution in [2.24, 2.45) is 0 Å². The third-order valence-corrected chi connectivity index (χ3v) is 6.08. The molecule has 3 heterocycles. The summed E-state index contributed by atoms with van der Waals surface area (Å²) in [4.78, 5) is 4.69. The van der Waals surface area contributed by atoms with Gasteiger partial charge in [-0.1, -0.05) is 43.3 Å². The molecule has 0 unspecified atom stereocenters. The van der Waals surface area contributed by atoms with Crippen molar-refractivity contribution in [3.05, 3.63) is 101 Å². The van der Waals surface area contributed by atoms with Crippen molar-refractivity contribution in [1.82, 2.24) is 31.3 Å². The summed E-state index contributed by atoms with van der Waals surface area (Å²) in [6.07, 6.45) is 1.94. The predicted octanol–water partition coefficient (Wildman–Crippen LogP) is 2.58. The maximum Gasteiger partial charge on any atom is 0.164 e. The highest BCUT2D eigenvalue weighted by Crippen LogP contribution is 2.41. The number of methoxy groups -OCH3 is 1. The molecular formula is C24H24F2N6O2. The molecule has 176 valence electrons. The van der Waals surface area contributed by atoms with Gasteiger partial charge >= 0.3 is 0 Å². The van der Waals surface area contributed by atoms with Gasteiger partial charge in [0.2, 0.25) is 0 Å². The van der Waals surface area contributed by atoms with E-state index in [1.54, 1.807) is 25.3 Å². The van der Waals surface area contributed by atoms with Crippen LogP contribution >= 0.6 is 0 Å². The van der Waals surface area contributed by atoms with Gasteiger partial charge in [-0.05, 0) is 18.6 Å². The zero-order valence-corrected chi connectivity index (χ0v) is 18.6. The lowest BCUT2D eigenvalue weighted by Crippen LogP contribution is -2.33. The summed E-state index contributed by atoms with van der Waals surface area (Å²) in [6, 6.07) is 13.3. The third kappa shape index (κ3) is 3.44. The first-order valence-corrected chi connectivity index (χ1v) is 10.8. The van der Waals surface area contributed by atoms with Crippen LogP contribution in [0.5, 0.6) is 5.75 Å². The molecular weight excluding hydrogens is 442 g/mol. The Balaban J connectivity index is 1.82. The maximum absolute atomic E-state index is 15.1. The molecule has 8 nitrogen and oxygen atoms in total. The highest BCUT2D eigenvalue weighted by atomic mass is 19.1. The van der Waals surface area contributed by atoms with Crippen molar-refractivity contribution in [1.29, 1.82) is 0 Å². The molecule has 0 saturated carbocycles. The molecule has 4 aromatic rings. The number of hydrazine groups is 3. The molecule has 34 heavy (non-hydrogen) atoms. The van der Waals surface area contributed by atoms with Crippen LogP contribution in [0.3, 0.4) is 0 Å². The number of hydrogen-bond acceptors (Lipinski definition) is 7. The second-order valence-corrected chi connectivity index (χ2v) is 7.93. The van der Waals surface area contributed by atoms with Crippen LogP contribution in [0.25, 0.3) is 5.65 Å². The van der Waals surface area contributed by atoms with Crippen LogP contribution in [0.4, 0.5) is 8.78 Å². The van der Waals surface area contributed by atoms with Crippen LogP contribution in [-0.4, -0.2) is 21.6 Å². The molecule has 0 atom stereocenters. The summed E-state index contributed by atoms with van der Waals surface area (Å²) in [6.45, 7) is 1.90. The normalized spacial score (nSPS) is 14.7. The number of aryl methyl sites for hydroxylation is 1. The highest BCUT2D eigenvalue weighted by Gasteiger charge is 2.42. The number of rotatable bonds is 6. The van der Waals surface area contributed by atoms with Gasteiger partial charge in [-0.2, -0.15) is 11.1 Å². The van der Waals surface area contributed by atoms with E-state index in [4.69, 9.17) is 9.72 Å². The van der Waals surface area contributed by atoms with Crippen LogP contribution < -0.4 is 26.7 Å². The molecule has 1 aliphatic rings. The Hall–Kier alpha value is -3.41. The number of fused-ring (bicyclic) bond motifs is 1. The smallest absolute Gasteiger partial charge is 0.164 e. The third-order valence-electron chi connectivity index (χ3n) is 6.08. The number of halogens is 2. The Bertz CT molecular complexity index is 1310. The van der Waals surface area contributed by atoms with Crippen LogP contribution in [0.1, 0.15) is 41.2 Å². The number of pyridine rings is 1. The fraction of sp³-hybridized carbons (Fsp3) is 0.208. The summed E-state index contributed by atoms with van der Waals surface area (Å²) in [7, 11) is 1.55. The van der Waals surface area contributed by atoms with Crippen LogP contribution in [-0.2, 0) is 12.0 Å². The van der Waals surface area contributed by atoms with Crippen LogP contribution in [0, 0.1) is 11.6 Å². The Morgan fingerprint density at radius 1 is 1.03 bits per heavy atom. The summed E-state index contributed by atoms with van der Waals surface area (Å²) in [5.41, 5.74) is 11.2. The Morgan fingerprint density at radius 2 is 1.62 bits per heavy atom. The van der Waals surface area contributed by atoms with Crippen molar-refractivity contribution < 1.29 is 18.6 Å². The number of imidazole rings is 1. The minimum Gasteiger partial charge on any atom is -0.496 e. The predicted molar refractivity (Wildman–Crippen MR) is 121 cm³/mol. The van der Waals surface area contributed by atoms with Crippen molar-refractivity contribution >= 4 is 5.65 Å². The fourth-order valence-electron chi connectivity index (χ4n) is 4.47. The largest absolute Gasteiger partial charge is 0.496 e. The number of nitrogens with zero attached hydrogens (tertiary/aromatic N) is 2. The molecule has 1 saturated heterocycles. The standard InChI is InChI=1S/C24H24F2N6O2/c1-3-19-22(27-21-12-20(34-2)14(13-32(19)21)23-28-30-31-29-23)24(33,15-8-4-6-10-17(15)25)16-9-5-7-11-18(16)26/h4-13,23,28-31,33H,3H2,1-2H3. The van der Waals surface area contributed by atoms with Gasteiger partial charge in [0.25, 0.3) is 0 Å². The van der Waals surface area contributed by atoms with Gasteiger partial charge in [-0.15, -0.1) is 0 Å². The van der Waals surface area contributed by atoms with E-state index < -0.39 is 17.2 Å². The number of benzene rings is 2. The van der Waals surface area contributed by atoms with Crippen molar-refractivity contribution in [3.8, 4) is 5.75 Å². The van der Waals surface area contributed by atoms with Crippen molar-refractivity contribution in [3.63, 3.8) is 0 Å². The van der Waals surface area contributed by atoms with E-state index in [-0.39, 0.29) is 23.0 Å². The van der Waals surface area contributed by atoms with Crippen molar-refractivity contribution in [2.45, 2.75) is 25.1 Å². The van der Waals surface area contributed by atoms with E-state index in [1.807, 2.05) is 17.5 Å². The molecule has 1 aliphatic heterocycles. The molecule has 2 aromatic heterocycles. The van der Waals surface area contributed by atoms with Crippen LogP contribution in [0.2, 0.25) is 0 Å². The van der Waals surface area contributed by atoms with E-state index in [0.29, 0.717) is 23.5 Å². The Morgan fingerprint density at radius 3 is 2.15 bits per heavy atom. The summed E-state index contributed by atoms with van der Waals surface area (Å²) >= 11 is 0. The number of nitrogens with one attached hydrogen (secondary N) is 4. The molecule has 0 bridgehead atoms. The molecule has 5 rings (SSSR count). The van der Waals surface area contributed by atoms with Gasteiger partial charge in [-0.25, -0.2) is 24.6 Å². The molecule has 0 amide bonds. The topological polar surface area (TPSA) is 94.9 Å². The minimum atomic E-state index is -2.17. The van der Waals surface area contributed by atoms with Gasteiger partial charge in [0.05, 0.1) is 7.11 Å². The molecule has 10 heteroatoms. The zero-order chi connectivity index (χ0) is 23.9.